The Morgan fingerprint density at radius 2 is 1.88 bits per heavy atom. The van der Waals surface area contributed by atoms with Gasteiger partial charge in [0, 0.05) is 29.5 Å². The maximum absolute atomic E-state index is 4.92. The predicted molar refractivity (Wildman–Crippen MR) is 105 cm³/mol. The summed E-state index contributed by atoms with van der Waals surface area (Å²) < 4.78 is 2.18. The fourth-order valence-electron chi connectivity index (χ4n) is 4.04. The highest BCUT2D eigenvalue weighted by molar-refractivity contribution is 5.66. The molecule has 2 fully saturated rings. The quantitative estimate of drug-likeness (QED) is 0.800. The first-order valence-corrected chi connectivity index (χ1v) is 10.3. The molecular weight excluding hydrogens is 322 g/mol. The molecule has 26 heavy (non-hydrogen) atoms. The van der Waals surface area contributed by atoms with E-state index < -0.39 is 0 Å². The molecule has 0 radical (unpaired) electrons. The maximum Gasteiger partial charge on any atom is 0.223 e. The lowest BCUT2D eigenvalue weighted by Gasteiger charge is -2.23. The third-order valence-electron chi connectivity index (χ3n) is 5.73. The Morgan fingerprint density at radius 1 is 1.12 bits per heavy atom. The fourth-order valence-corrected chi connectivity index (χ4v) is 4.04. The van der Waals surface area contributed by atoms with E-state index in [-0.39, 0.29) is 0 Å². The van der Waals surface area contributed by atoms with Crippen molar-refractivity contribution in [3.05, 3.63) is 23.7 Å². The van der Waals surface area contributed by atoms with Crippen LogP contribution in [0.1, 0.15) is 76.1 Å². The summed E-state index contributed by atoms with van der Waals surface area (Å²) >= 11 is 0. The zero-order chi connectivity index (χ0) is 18.1. The Hall–Kier alpha value is -1.91. The Bertz CT molecular complexity index is 754. The van der Waals surface area contributed by atoms with Gasteiger partial charge in [-0.05, 0) is 64.4 Å². The van der Waals surface area contributed by atoms with Gasteiger partial charge in [-0.25, -0.2) is 9.97 Å². The van der Waals surface area contributed by atoms with E-state index in [0.29, 0.717) is 12.1 Å². The van der Waals surface area contributed by atoms with Crippen LogP contribution in [0.2, 0.25) is 0 Å². The second kappa shape index (κ2) is 7.37. The van der Waals surface area contributed by atoms with Gasteiger partial charge in [0.25, 0.3) is 0 Å². The maximum atomic E-state index is 4.92. The second-order valence-corrected chi connectivity index (χ2v) is 8.40. The smallest absolute Gasteiger partial charge is 0.223 e. The van der Waals surface area contributed by atoms with Crippen LogP contribution in [0.25, 0.3) is 11.3 Å². The van der Waals surface area contributed by atoms with Gasteiger partial charge in [0.05, 0.1) is 11.9 Å². The van der Waals surface area contributed by atoms with Crippen LogP contribution in [-0.4, -0.2) is 25.8 Å². The number of nitrogens with one attached hydrogen (secondary N) is 1. The van der Waals surface area contributed by atoms with E-state index in [9.17, 15) is 0 Å². The normalized spacial score (nSPS) is 18.5. The van der Waals surface area contributed by atoms with Crippen molar-refractivity contribution in [1.82, 2.24) is 19.7 Å². The molecule has 0 saturated heterocycles. The highest BCUT2D eigenvalue weighted by atomic mass is 15.3. The summed E-state index contributed by atoms with van der Waals surface area (Å²) in [6, 6.07) is 0.892. The molecule has 1 N–H and O–H groups in total. The number of hydrogen-bond acceptors (Lipinski definition) is 4. The molecule has 5 nitrogen and oxygen atoms in total. The summed E-state index contributed by atoms with van der Waals surface area (Å²) in [5.74, 6) is 1.59. The lowest BCUT2D eigenvalue weighted by Crippen LogP contribution is -2.23. The zero-order valence-electron chi connectivity index (χ0n) is 16.3. The Balaban J connectivity index is 1.65. The molecule has 2 heterocycles. The van der Waals surface area contributed by atoms with Gasteiger partial charge in [0.2, 0.25) is 5.95 Å². The second-order valence-electron chi connectivity index (χ2n) is 8.40. The first-order chi connectivity index (χ1) is 12.6. The highest BCUT2D eigenvalue weighted by Crippen LogP contribution is 2.37. The molecular formula is C21H31N5. The molecule has 0 amide bonds. The van der Waals surface area contributed by atoms with Crippen molar-refractivity contribution in [2.45, 2.75) is 84.2 Å². The number of aryl methyl sites for hydroxylation is 1. The van der Waals surface area contributed by atoms with Crippen LogP contribution in [0.4, 0.5) is 5.95 Å². The van der Waals surface area contributed by atoms with E-state index >= 15 is 0 Å². The molecule has 4 rings (SSSR count). The zero-order valence-corrected chi connectivity index (χ0v) is 16.3. The topological polar surface area (TPSA) is 55.6 Å². The SMILES string of the molecule is Cc1cnc(NC2CCCCC2)nc1-c1cnn(C(C)C)c1CC1CC1. The molecule has 0 unspecified atom stereocenters. The van der Waals surface area contributed by atoms with E-state index in [1.54, 1.807) is 0 Å². The Morgan fingerprint density at radius 3 is 2.58 bits per heavy atom. The van der Waals surface area contributed by atoms with Gasteiger partial charge in [0.1, 0.15) is 0 Å². The number of hydrogen-bond donors (Lipinski definition) is 1. The minimum atomic E-state index is 0.375. The molecule has 2 saturated carbocycles. The molecule has 0 aromatic carbocycles. The first-order valence-electron chi connectivity index (χ1n) is 10.3. The largest absolute Gasteiger partial charge is 0.351 e. The highest BCUT2D eigenvalue weighted by Gasteiger charge is 2.27. The number of nitrogens with zero attached hydrogens (tertiary/aromatic N) is 4. The van der Waals surface area contributed by atoms with Crippen LogP contribution >= 0.6 is 0 Å². The molecule has 2 aromatic heterocycles. The number of anilines is 1. The van der Waals surface area contributed by atoms with E-state index in [2.05, 4.69) is 35.8 Å². The monoisotopic (exact) mass is 353 g/mol. The minimum Gasteiger partial charge on any atom is -0.351 e. The minimum absolute atomic E-state index is 0.375. The van der Waals surface area contributed by atoms with Gasteiger partial charge in [-0.3, -0.25) is 4.68 Å². The van der Waals surface area contributed by atoms with Gasteiger partial charge in [-0.1, -0.05) is 19.3 Å². The molecule has 0 atom stereocenters. The third kappa shape index (κ3) is 3.76. The van der Waals surface area contributed by atoms with Crippen molar-refractivity contribution in [3.8, 4) is 11.3 Å². The summed E-state index contributed by atoms with van der Waals surface area (Å²) in [6.45, 7) is 6.51. The van der Waals surface area contributed by atoms with Crippen LogP contribution in [0, 0.1) is 12.8 Å². The van der Waals surface area contributed by atoms with Crippen molar-refractivity contribution in [3.63, 3.8) is 0 Å². The van der Waals surface area contributed by atoms with Crippen LogP contribution in [-0.2, 0) is 6.42 Å². The van der Waals surface area contributed by atoms with Crippen LogP contribution < -0.4 is 5.32 Å². The van der Waals surface area contributed by atoms with Crippen molar-refractivity contribution >= 4 is 5.95 Å². The van der Waals surface area contributed by atoms with Crippen molar-refractivity contribution in [2.24, 2.45) is 5.92 Å². The van der Waals surface area contributed by atoms with Gasteiger partial charge in [-0.2, -0.15) is 5.10 Å². The molecule has 2 aromatic rings. The summed E-state index contributed by atoms with van der Waals surface area (Å²) in [7, 11) is 0. The van der Waals surface area contributed by atoms with Crippen molar-refractivity contribution in [1.29, 1.82) is 0 Å². The summed E-state index contributed by atoms with van der Waals surface area (Å²) in [4.78, 5) is 9.48. The van der Waals surface area contributed by atoms with E-state index in [4.69, 9.17) is 10.1 Å². The standard InChI is InChI=1S/C21H31N5/c1-14(2)26-19(11-16-9-10-16)18(13-23-26)20-15(3)12-22-21(25-20)24-17-7-5-4-6-8-17/h12-14,16-17H,4-11H2,1-3H3,(H,22,24,25). The summed E-state index contributed by atoms with van der Waals surface area (Å²) in [6.07, 6.45) is 14.2. The fraction of sp³-hybridized carbons (Fsp3) is 0.667. The van der Waals surface area contributed by atoms with Crippen LogP contribution in [0.15, 0.2) is 12.4 Å². The molecule has 5 heteroatoms. The van der Waals surface area contributed by atoms with E-state index in [1.807, 2.05) is 12.4 Å². The summed E-state index contributed by atoms with van der Waals surface area (Å²) in [5, 5.41) is 8.27. The summed E-state index contributed by atoms with van der Waals surface area (Å²) in [5.41, 5.74) is 4.70. The Kier molecular flexibility index (Phi) is 4.96. The average molecular weight is 354 g/mol. The Labute approximate surface area is 156 Å². The molecule has 2 aliphatic rings. The van der Waals surface area contributed by atoms with E-state index in [1.165, 1.54) is 56.2 Å². The number of aromatic nitrogens is 4. The third-order valence-corrected chi connectivity index (χ3v) is 5.73. The van der Waals surface area contributed by atoms with Crippen LogP contribution in [0.5, 0.6) is 0 Å². The molecule has 0 bridgehead atoms. The first kappa shape index (κ1) is 17.5. The predicted octanol–water partition coefficient (Wildman–Crippen LogP) is 4.93. The van der Waals surface area contributed by atoms with Crippen molar-refractivity contribution < 1.29 is 0 Å². The molecule has 140 valence electrons. The van der Waals surface area contributed by atoms with Crippen molar-refractivity contribution in [2.75, 3.05) is 5.32 Å². The van der Waals surface area contributed by atoms with Gasteiger partial charge < -0.3 is 5.32 Å². The lowest BCUT2D eigenvalue weighted by atomic mass is 9.96. The molecule has 2 aliphatic carbocycles. The number of rotatable bonds is 6. The van der Waals surface area contributed by atoms with Gasteiger partial charge in [-0.15, -0.1) is 0 Å². The van der Waals surface area contributed by atoms with Gasteiger partial charge in [0.15, 0.2) is 0 Å². The van der Waals surface area contributed by atoms with E-state index in [0.717, 1.165) is 29.5 Å². The van der Waals surface area contributed by atoms with Crippen LogP contribution in [0.3, 0.4) is 0 Å². The molecule has 0 spiro atoms. The lowest BCUT2D eigenvalue weighted by molar-refractivity contribution is 0.461. The average Bonchev–Trinajstić information content (AvgIpc) is 3.35. The van der Waals surface area contributed by atoms with Gasteiger partial charge >= 0.3 is 0 Å². The molecule has 0 aliphatic heterocycles.